The molecule has 0 heterocycles. The van der Waals surface area contributed by atoms with E-state index in [1.807, 2.05) is 0 Å². The van der Waals surface area contributed by atoms with Crippen molar-refractivity contribution in [1.29, 1.82) is 0 Å². The van der Waals surface area contributed by atoms with Gasteiger partial charge < -0.3 is 15.0 Å². The molecule has 8 nitrogen and oxygen atoms in total. The van der Waals surface area contributed by atoms with Crippen LogP contribution in [0.3, 0.4) is 0 Å². The van der Waals surface area contributed by atoms with Gasteiger partial charge in [-0.25, -0.2) is 8.42 Å². The van der Waals surface area contributed by atoms with E-state index in [0.29, 0.717) is 21.4 Å². The molecule has 0 aliphatic rings. The van der Waals surface area contributed by atoms with E-state index >= 15 is 0 Å². The lowest BCUT2D eigenvalue weighted by molar-refractivity contribution is -0.140. The highest BCUT2D eigenvalue weighted by Crippen LogP contribution is 2.29. The lowest BCUT2D eigenvalue weighted by Gasteiger charge is -2.33. The van der Waals surface area contributed by atoms with Crippen molar-refractivity contribution >= 4 is 62.3 Å². The number of amides is 2. The summed E-state index contributed by atoms with van der Waals surface area (Å²) in [5, 5.41) is 3.58. The van der Waals surface area contributed by atoms with Crippen molar-refractivity contribution in [3.63, 3.8) is 0 Å². The van der Waals surface area contributed by atoms with Crippen LogP contribution in [-0.4, -0.2) is 51.9 Å². The van der Waals surface area contributed by atoms with Crippen molar-refractivity contribution in [3.05, 3.63) is 87.4 Å². The number of benzene rings is 3. The van der Waals surface area contributed by atoms with Gasteiger partial charge in [0.25, 0.3) is 10.0 Å². The third-order valence-corrected chi connectivity index (χ3v) is 8.62. The van der Waals surface area contributed by atoms with Crippen LogP contribution in [0.5, 0.6) is 5.75 Å². The van der Waals surface area contributed by atoms with Crippen LogP contribution in [-0.2, 0) is 26.2 Å². The van der Waals surface area contributed by atoms with Crippen LogP contribution >= 0.6 is 34.8 Å². The van der Waals surface area contributed by atoms with Crippen molar-refractivity contribution < 1.29 is 22.7 Å². The Morgan fingerprint density at radius 1 is 0.974 bits per heavy atom. The SMILES string of the molecule is CCC(C(=O)NC)N(Cc1ccc(Cl)cc1Cl)C(=O)CN(c1cccc(Cl)c1)S(=O)(=O)c1ccc(OC)cc1. The molecule has 0 bridgehead atoms. The molecule has 1 atom stereocenters. The Hall–Kier alpha value is -2.98. The number of halogens is 3. The van der Waals surface area contributed by atoms with Gasteiger partial charge in [-0.15, -0.1) is 0 Å². The number of rotatable bonds is 11. The number of hydrogen-bond donors (Lipinski definition) is 1. The van der Waals surface area contributed by atoms with Gasteiger partial charge in [-0.3, -0.25) is 13.9 Å². The summed E-state index contributed by atoms with van der Waals surface area (Å²) >= 11 is 18.6. The Bertz CT molecular complexity index is 1430. The molecule has 0 aliphatic heterocycles. The van der Waals surface area contributed by atoms with E-state index in [2.05, 4.69) is 5.32 Å². The number of anilines is 1. The van der Waals surface area contributed by atoms with Crippen LogP contribution in [0.15, 0.2) is 71.6 Å². The van der Waals surface area contributed by atoms with Gasteiger partial charge in [-0.05, 0) is 66.6 Å². The zero-order chi connectivity index (χ0) is 28.7. The third kappa shape index (κ3) is 7.36. The number of hydrogen-bond acceptors (Lipinski definition) is 5. The number of likely N-dealkylation sites (N-methyl/N-ethyl adjacent to an activating group) is 1. The van der Waals surface area contributed by atoms with Crippen molar-refractivity contribution in [2.24, 2.45) is 0 Å². The van der Waals surface area contributed by atoms with E-state index in [9.17, 15) is 18.0 Å². The summed E-state index contributed by atoms with van der Waals surface area (Å²) in [7, 11) is -1.30. The molecule has 0 aromatic heterocycles. The monoisotopic (exact) mass is 611 g/mol. The molecule has 0 saturated carbocycles. The lowest BCUT2D eigenvalue weighted by atomic mass is 10.1. The van der Waals surface area contributed by atoms with Gasteiger partial charge >= 0.3 is 0 Å². The smallest absolute Gasteiger partial charge is 0.264 e. The molecule has 1 unspecified atom stereocenters. The summed E-state index contributed by atoms with van der Waals surface area (Å²) < 4.78 is 33.8. The van der Waals surface area contributed by atoms with E-state index in [1.165, 1.54) is 61.5 Å². The zero-order valence-electron chi connectivity index (χ0n) is 21.5. The molecule has 208 valence electrons. The Morgan fingerprint density at radius 2 is 1.64 bits per heavy atom. The fraction of sp³-hybridized carbons (Fsp3) is 0.259. The molecule has 3 rings (SSSR count). The second kappa shape index (κ2) is 13.4. The van der Waals surface area contributed by atoms with Crippen LogP contribution in [0, 0.1) is 0 Å². The molecule has 39 heavy (non-hydrogen) atoms. The van der Waals surface area contributed by atoms with Crippen LogP contribution in [0.25, 0.3) is 0 Å². The third-order valence-electron chi connectivity index (χ3n) is 6.01. The molecule has 3 aromatic carbocycles. The minimum atomic E-state index is -4.24. The van der Waals surface area contributed by atoms with Gasteiger partial charge in [-0.2, -0.15) is 0 Å². The second-order valence-corrected chi connectivity index (χ2v) is 11.6. The molecule has 0 spiro atoms. The second-order valence-electron chi connectivity index (χ2n) is 8.46. The van der Waals surface area contributed by atoms with E-state index in [1.54, 1.807) is 31.2 Å². The zero-order valence-corrected chi connectivity index (χ0v) is 24.6. The van der Waals surface area contributed by atoms with Crippen LogP contribution in [0.4, 0.5) is 5.69 Å². The van der Waals surface area contributed by atoms with Crippen molar-refractivity contribution in [2.45, 2.75) is 30.8 Å². The van der Waals surface area contributed by atoms with E-state index in [4.69, 9.17) is 39.5 Å². The highest BCUT2D eigenvalue weighted by molar-refractivity contribution is 7.92. The molecule has 3 aromatic rings. The molecular formula is C27H28Cl3N3O5S. The Balaban J connectivity index is 2.08. The average Bonchev–Trinajstić information content (AvgIpc) is 2.92. The fourth-order valence-electron chi connectivity index (χ4n) is 3.95. The number of sulfonamides is 1. The topological polar surface area (TPSA) is 96.0 Å². The quantitative estimate of drug-likeness (QED) is 0.313. The van der Waals surface area contributed by atoms with Gasteiger partial charge in [0.1, 0.15) is 18.3 Å². The van der Waals surface area contributed by atoms with E-state index in [-0.39, 0.29) is 28.6 Å². The number of ether oxygens (including phenoxy) is 1. The molecular weight excluding hydrogens is 585 g/mol. The van der Waals surface area contributed by atoms with Crippen molar-refractivity contribution in [3.8, 4) is 5.75 Å². The van der Waals surface area contributed by atoms with Gasteiger partial charge in [0.05, 0.1) is 17.7 Å². The summed E-state index contributed by atoms with van der Waals surface area (Å²) in [5.74, 6) is -0.543. The van der Waals surface area contributed by atoms with Crippen LogP contribution in [0.2, 0.25) is 15.1 Å². The molecule has 2 amide bonds. The number of carbonyl (C=O) groups is 2. The summed E-state index contributed by atoms with van der Waals surface area (Å²) in [4.78, 5) is 27.9. The van der Waals surface area contributed by atoms with Gasteiger partial charge in [0.15, 0.2) is 0 Å². The molecule has 0 aliphatic carbocycles. The molecule has 0 fully saturated rings. The summed E-state index contributed by atoms with van der Waals surface area (Å²) in [6, 6.07) is 15.9. The highest BCUT2D eigenvalue weighted by Gasteiger charge is 2.33. The fourth-order valence-corrected chi connectivity index (χ4v) is 6.01. The number of nitrogens with one attached hydrogen (secondary N) is 1. The maximum absolute atomic E-state index is 13.9. The largest absolute Gasteiger partial charge is 0.497 e. The first kappa shape index (κ1) is 30.6. The first-order chi connectivity index (χ1) is 18.5. The van der Waals surface area contributed by atoms with Gasteiger partial charge in [-0.1, -0.05) is 53.9 Å². The maximum atomic E-state index is 13.9. The Morgan fingerprint density at radius 3 is 2.21 bits per heavy atom. The maximum Gasteiger partial charge on any atom is 0.264 e. The summed E-state index contributed by atoms with van der Waals surface area (Å²) in [6.45, 7) is 1.10. The predicted octanol–water partition coefficient (Wildman–Crippen LogP) is 5.40. The first-order valence-electron chi connectivity index (χ1n) is 11.9. The Labute approximate surface area is 243 Å². The minimum Gasteiger partial charge on any atom is -0.497 e. The lowest BCUT2D eigenvalue weighted by Crippen LogP contribution is -2.51. The number of methoxy groups -OCH3 is 1. The molecule has 12 heteroatoms. The van der Waals surface area contributed by atoms with E-state index < -0.39 is 34.4 Å². The average molecular weight is 613 g/mol. The molecule has 0 radical (unpaired) electrons. The van der Waals surface area contributed by atoms with Crippen LogP contribution in [0.1, 0.15) is 18.9 Å². The Kier molecular flexibility index (Phi) is 10.5. The van der Waals surface area contributed by atoms with Crippen molar-refractivity contribution in [2.75, 3.05) is 25.0 Å². The van der Waals surface area contributed by atoms with Gasteiger partial charge in [0, 0.05) is 28.7 Å². The van der Waals surface area contributed by atoms with Gasteiger partial charge in [0.2, 0.25) is 11.8 Å². The molecule has 0 saturated heterocycles. The first-order valence-corrected chi connectivity index (χ1v) is 14.5. The van der Waals surface area contributed by atoms with Crippen LogP contribution < -0.4 is 14.4 Å². The number of carbonyl (C=O) groups excluding carboxylic acids is 2. The predicted molar refractivity (Wildman–Crippen MR) is 154 cm³/mol. The molecule has 1 N–H and O–H groups in total. The highest BCUT2D eigenvalue weighted by atomic mass is 35.5. The van der Waals surface area contributed by atoms with Crippen molar-refractivity contribution in [1.82, 2.24) is 10.2 Å². The minimum absolute atomic E-state index is 0.0489. The normalized spacial score (nSPS) is 11.9. The number of nitrogens with zero attached hydrogens (tertiary/aromatic N) is 2. The standard InChI is InChI=1S/C27H28Cl3N3O5S/c1-4-25(27(35)31-2)32(16-18-8-9-20(29)15-24(18)30)26(34)17-33(21-7-5-6-19(28)14-21)39(36,37)23-12-10-22(38-3)11-13-23/h5-15,25H,4,16-17H2,1-3H3,(H,31,35). The van der Waals surface area contributed by atoms with E-state index in [0.717, 1.165) is 4.31 Å². The summed E-state index contributed by atoms with van der Waals surface area (Å²) in [6.07, 6.45) is 0.277. The summed E-state index contributed by atoms with van der Waals surface area (Å²) in [5.41, 5.74) is 0.730.